The van der Waals surface area contributed by atoms with Crippen molar-refractivity contribution in [3.63, 3.8) is 0 Å². The lowest BCUT2D eigenvalue weighted by molar-refractivity contribution is -0.385. The summed E-state index contributed by atoms with van der Waals surface area (Å²) in [4.78, 5) is 66.3. The smallest absolute Gasteiger partial charge is 0.271 e. The highest BCUT2D eigenvalue weighted by Gasteiger charge is 2.65. The van der Waals surface area contributed by atoms with Crippen LogP contribution in [0.2, 0.25) is 0 Å². The molecule has 6 rings (SSSR count). The van der Waals surface area contributed by atoms with Crippen LogP contribution < -0.4 is 9.64 Å². The number of methoxy groups -OCH3 is 1. The standard InChI is InChI=1S/C28H20N4O8/c1-40-21-10-9-18(32(38)39)14-20(21)30-27(34)22-23(28(30)35)25(26(33)16-6-4-7-17(13-16)31(36)37)29-12-11-15-5-2-3-8-19(15)24(22)29/h2-14,22-25H,1H3/t22-,23+,24?,25-/m0/s1. The summed E-state index contributed by atoms with van der Waals surface area (Å²) in [5.41, 5.74) is 0.866. The molecule has 0 saturated carbocycles. The minimum Gasteiger partial charge on any atom is -0.495 e. The first-order chi connectivity index (χ1) is 19.2. The minimum atomic E-state index is -1.16. The number of benzene rings is 3. The van der Waals surface area contributed by atoms with Gasteiger partial charge in [0, 0.05) is 36.0 Å². The van der Waals surface area contributed by atoms with E-state index < -0.39 is 51.4 Å². The van der Waals surface area contributed by atoms with Crippen LogP contribution in [0.3, 0.4) is 0 Å². The Morgan fingerprint density at radius 1 is 0.875 bits per heavy atom. The molecule has 0 bridgehead atoms. The molecule has 3 heterocycles. The molecule has 0 spiro atoms. The van der Waals surface area contributed by atoms with Crippen LogP contribution in [-0.2, 0) is 9.59 Å². The Hall–Kier alpha value is -5.39. The van der Waals surface area contributed by atoms with Crippen LogP contribution in [0.1, 0.15) is 27.5 Å². The first-order valence-corrected chi connectivity index (χ1v) is 12.3. The maximum Gasteiger partial charge on any atom is 0.271 e. The molecule has 0 radical (unpaired) electrons. The molecule has 2 fully saturated rings. The third-order valence-electron chi connectivity index (χ3n) is 7.69. The number of carbonyl (C=O) groups is 3. The summed E-state index contributed by atoms with van der Waals surface area (Å²) in [5.74, 6) is -3.98. The Kier molecular flexibility index (Phi) is 5.68. The van der Waals surface area contributed by atoms with Crippen molar-refractivity contribution in [1.29, 1.82) is 0 Å². The summed E-state index contributed by atoms with van der Waals surface area (Å²) in [7, 11) is 1.31. The number of ether oxygens (including phenoxy) is 1. The van der Waals surface area contributed by atoms with Crippen molar-refractivity contribution in [2.75, 3.05) is 12.0 Å². The van der Waals surface area contributed by atoms with Crippen LogP contribution in [0, 0.1) is 32.1 Å². The Bertz CT molecular complexity index is 1670. The quantitative estimate of drug-likeness (QED) is 0.196. The Morgan fingerprint density at radius 3 is 2.30 bits per heavy atom. The third kappa shape index (κ3) is 3.56. The lowest BCUT2D eigenvalue weighted by Gasteiger charge is -2.35. The van der Waals surface area contributed by atoms with Crippen LogP contribution >= 0.6 is 0 Å². The Balaban J connectivity index is 1.51. The number of Topliss-reactive ketones (excluding diaryl/α,β-unsaturated/α-hetero) is 1. The van der Waals surface area contributed by atoms with Crippen molar-refractivity contribution in [3.05, 3.63) is 110 Å². The van der Waals surface area contributed by atoms with E-state index >= 15 is 0 Å². The maximum atomic E-state index is 14.1. The van der Waals surface area contributed by atoms with E-state index in [1.807, 2.05) is 18.2 Å². The molecule has 12 nitrogen and oxygen atoms in total. The summed E-state index contributed by atoms with van der Waals surface area (Å²) in [5, 5.41) is 22.9. The number of carbonyl (C=O) groups excluding carboxylic acids is 3. The Morgan fingerprint density at radius 2 is 1.57 bits per heavy atom. The Labute approximate surface area is 226 Å². The van der Waals surface area contributed by atoms with Crippen molar-refractivity contribution < 1.29 is 29.0 Å². The molecule has 0 aliphatic carbocycles. The van der Waals surface area contributed by atoms with Crippen molar-refractivity contribution in [2.45, 2.75) is 12.1 Å². The van der Waals surface area contributed by atoms with E-state index in [-0.39, 0.29) is 28.4 Å². The van der Waals surface area contributed by atoms with E-state index in [0.717, 1.165) is 28.2 Å². The number of nitro benzene ring substituents is 2. The fraction of sp³-hybridized carbons (Fsp3) is 0.179. The summed E-state index contributed by atoms with van der Waals surface area (Å²) >= 11 is 0. The van der Waals surface area contributed by atoms with Crippen molar-refractivity contribution in [2.24, 2.45) is 11.8 Å². The largest absolute Gasteiger partial charge is 0.495 e. The first kappa shape index (κ1) is 24.9. The summed E-state index contributed by atoms with van der Waals surface area (Å²) in [6.07, 6.45) is 3.46. The predicted octanol–water partition coefficient (Wildman–Crippen LogP) is 3.91. The number of fused-ring (bicyclic) bond motifs is 5. The van der Waals surface area contributed by atoms with Gasteiger partial charge in [-0.05, 0) is 23.3 Å². The van der Waals surface area contributed by atoms with Gasteiger partial charge in [0.2, 0.25) is 11.8 Å². The van der Waals surface area contributed by atoms with Crippen LogP contribution in [0.5, 0.6) is 5.75 Å². The highest BCUT2D eigenvalue weighted by molar-refractivity contribution is 6.25. The lowest BCUT2D eigenvalue weighted by Crippen LogP contribution is -2.44. The summed E-state index contributed by atoms with van der Waals surface area (Å²) in [6.45, 7) is 0. The van der Waals surface area contributed by atoms with Gasteiger partial charge in [0.05, 0.1) is 34.8 Å². The molecule has 12 heteroatoms. The molecule has 3 aromatic carbocycles. The van der Waals surface area contributed by atoms with Crippen molar-refractivity contribution in [1.82, 2.24) is 4.90 Å². The molecular weight excluding hydrogens is 520 g/mol. The molecule has 2 amide bonds. The highest BCUT2D eigenvalue weighted by Crippen LogP contribution is 2.54. The second-order valence-corrected chi connectivity index (χ2v) is 9.63. The predicted molar refractivity (Wildman–Crippen MR) is 140 cm³/mol. The molecule has 2 saturated heterocycles. The van der Waals surface area contributed by atoms with E-state index in [2.05, 4.69) is 0 Å². The number of hydrogen-bond acceptors (Lipinski definition) is 9. The molecule has 200 valence electrons. The van der Waals surface area contributed by atoms with Gasteiger partial charge in [0.1, 0.15) is 17.5 Å². The second kappa shape index (κ2) is 9.12. The zero-order chi connectivity index (χ0) is 28.3. The fourth-order valence-corrected chi connectivity index (χ4v) is 6.00. The van der Waals surface area contributed by atoms with Crippen molar-refractivity contribution >= 4 is 40.7 Å². The second-order valence-electron chi connectivity index (χ2n) is 9.63. The van der Waals surface area contributed by atoms with Crippen molar-refractivity contribution in [3.8, 4) is 5.75 Å². The minimum absolute atomic E-state index is 0.0255. The van der Waals surface area contributed by atoms with Gasteiger partial charge in [-0.2, -0.15) is 0 Å². The average Bonchev–Trinajstić information content (AvgIpc) is 3.44. The van der Waals surface area contributed by atoms with Gasteiger partial charge in [-0.1, -0.05) is 36.4 Å². The highest BCUT2D eigenvalue weighted by atomic mass is 16.6. The van der Waals surface area contributed by atoms with E-state index in [1.165, 1.54) is 37.4 Å². The van der Waals surface area contributed by atoms with Gasteiger partial charge < -0.3 is 9.64 Å². The molecule has 3 aromatic rings. The van der Waals surface area contributed by atoms with Gasteiger partial charge in [-0.3, -0.25) is 34.6 Å². The van der Waals surface area contributed by atoms with Gasteiger partial charge in [0.15, 0.2) is 5.78 Å². The molecule has 3 aliphatic rings. The van der Waals surface area contributed by atoms with Gasteiger partial charge in [-0.15, -0.1) is 0 Å². The van der Waals surface area contributed by atoms with Gasteiger partial charge >= 0.3 is 0 Å². The number of non-ortho nitro benzene ring substituents is 2. The zero-order valence-electron chi connectivity index (χ0n) is 20.9. The maximum absolute atomic E-state index is 14.1. The first-order valence-electron chi connectivity index (χ1n) is 12.3. The van der Waals surface area contributed by atoms with E-state index in [4.69, 9.17) is 4.74 Å². The number of nitrogens with zero attached hydrogens (tertiary/aromatic N) is 4. The molecule has 3 aliphatic heterocycles. The fourth-order valence-electron chi connectivity index (χ4n) is 6.00. The number of anilines is 1. The van der Waals surface area contributed by atoms with Crippen LogP contribution in [0.25, 0.3) is 6.08 Å². The van der Waals surface area contributed by atoms with E-state index in [1.54, 1.807) is 23.2 Å². The third-order valence-corrected chi connectivity index (χ3v) is 7.69. The monoisotopic (exact) mass is 540 g/mol. The van der Waals surface area contributed by atoms with Gasteiger partial charge in [-0.25, -0.2) is 4.90 Å². The zero-order valence-corrected chi connectivity index (χ0v) is 20.9. The molecule has 40 heavy (non-hydrogen) atoms. The molecule has 0 N–H and O–H groups in total. The van der Waals surface area contributed by atoms with Crippen LogP contribution in [0.15, 0.2) is 72.9 Å². The van der Waals surface area contributed by atoms with Crippen LogP contribution in [0.4, 0.5) is 17.1 Å². The molecular formula is C28H20N4O8. The van der Waals surface area contributed by atoms with E-state index in [9.17, 15) is 34.6 Å². The van der Waals surface area contributed by atoms with Crippen LogP contribution in [-0.4, -0.2) is 45.5 Å². The average molecular weight is 540 g/mol. The summed E-state index contributed by atoms with van der Waals surface area (Å²) < 4.78 is 5.33. The number of nitro groups is 2. The number of hydrogen-bond donors (Lipinski definition) is 0. The number of imide groups is 1. The summed E-state index contributed by atoms with van der Waals surface area (Å²) in [6, 6.07) is 14.3. The number of rotatable bonds is 6. The van der Waals surface area contributed by atoms with Gasteiger partial charge in [0.25, 0.3) is 11.4 Å². The SMILES string of the molecule is COc1ccc([N+](=O)[O-])cc1N1C(=O)[C@@H]2[C@H](C1=O)C1c3ccccc3C=CN1[C@@H]2C(=O)c1cccc([N+](=O)[O-])c1. The molecule has 4 atom stereocenters. The molecule has 0 aromatic heterocycles. The topological polar surface area (TPSA) is 153 Å². The van der Waals surface area contributed by atoms with E-state index in [0.29, 0.717) is 0 Å². The normalized spacial score (nSPS) is 22.5. The molecule has 1 unspecified atom stereocenters. The number of ketones is 1. The lowest BCUT2D eigenvalue weighted by atomic mass is 9.83. The number of amides is 2.